The summed E-state index contributed by atoms with van der Waals surface area (Å²) in [5.41, 5.74) is 1.01. The maximum atomic E-state index is 12.5. The number of hydrogen-bond acceptors (Lipinski definition) is 5. The highest BCUT2D eigenvalue weighted by Crippen LogP contribution is 2.33. The molecule has 1 fully saturated rings. The molecule has 1 amide bonds. The Labute approximate surface area is 147 Å². The predicted octanol–water partition coefficient (Wildman–Crippen LogP) is 3.39. The van der Waals surface area contributed by atoms with Gasteiger partial charge in [-0.15, -0.1) is 0 Å². The fourth-order valence-corrected chi connectivity index (χ4v) is 4.31. The first-order chi connectivity index (χ1) is 11.7. The average Bonchev–Trinajstić information content (AvgIpc) is 3.05. The van der Waals surface area contributed by atoms with Crippen molar-refractivity contribution in [1.82, 2.24) is 9.88 Å². The van der Waals surface area contributed by atoms with Crippen LogP contribution in [-0.4, -0.2) is 49.1 Å². The molecule has 0 N–H and O–H groups in total. The summed E-state index contributed by atoms with van der Waals surface area (Å²) < 4.78 is 6.43. The fourth-order valence-electron chi connectivity index (χ4n) is 3.27. The number of piperidine rings is 1. The number of benzene rings is 1. The Morgan fingerprint density at radius 1 is 1.33 bits per heavy atom. The van der Waals surface area contributed by atoms with Crippen LogP contribution in [0.2, 0.25) is 0 Å². The normalized spacial score (nSPS) is 15.7. The molecule has 0 radical (unpaired) electrons. The van der Waals surface area contributed by atoms with Crippen molar-refractivity contribution in [2.45, 2.75) is 26.7 Å². The zero-order valence-electron chi connectivity index (χ0n) is 14.6. The number of anilines is 1. The van der Waals surface area contributed by atoms with Crippen LogP contribution in [0.25, 0.3) is 10.2 Å². The van der Waals surface area contributed by atoms with Crippen LogP contribution in [0.3, 0.4) is 0 Å². The van der Waals surface area contributed by atoms with Gasteiger partial charge in [0, 0.05) is 32.1 Å². The van der Waals surface area contributed by atoms with E-state index in [1.807, 2.05) is 36.9 Å². The van der Waals surface area contributed by atoms with Crippen molar-refractivity contribution in [3.8, 4) is 5.75 Å². The number of carbonyl (C=O) groups excluding carboxylic acids is 1. The number of amides is 1. The minimum atomic E-state index is 0.163. The van der Waals surface area contributed by atoms with Crippen molar-refractivity contribution in [2.24, 2.45) is 5.92 Å². The summed E-state index contributed by atoms with van der Waals surface area (Å²) >= 11 is 1.70. The molecule has 5 nitrogen and oxygen atoms in total. The van der Waals surface area contributed by atoms with Gasteiger partial charge >= 0.3 is 0 Å². The van der Waals surface area contributed by atoms with Gasteiger partial charge in [-0.2, -0.15) is 0 Å². The van der Waals surface area contributed by atoms with Gasteiger partial charge in [-0.05, 0) is 44.9 Å². The summed E-state index contributed by atoms with van der Waals surface area (Å²) in [6.07, 6.45) is 1.82. The largest absolute Gasteiger partial charge is 0.497 e. The maximum absolute atomic E-state index is 12.5. The number of thiazole rings is 1. The SMILES string of the molecule is CCN(CC)C(=O)C1CCN(c2nc3ccc(OC)cc3s2)CC1. The molecular formula is C18H25N3O2S. The van der Waals surface area contributed by atoms with Crippen molar-refractivity contribution < 1.29 is 9.53 Å². The average molecular weight is 347 g/mol. The van der Waals surface area contributed by atoms with Crippen LogP contribution in [-0.2, 0) is 4.79 Å². The Morgan fingerprint density at radius 2 is 2.04 bits per heavy atom. The molecule has 1 saturated heterocycles. The molecule has 1 aliphatic heterocycles. The molecule has 1 aromatic carbocycles. The summed E-state index contributed by atoms with van der Waals surface area (Å²) in [6.45, 7) is 7.49. The van der Waals surface area contributed by atoms with Crippen molar-refractivity contribution >= 4 is 32.6 Å². The third kappa shape index (κ3) is 3.34. The molecule has 0 aliphatic carbocycles. The molecule has 24 heavy (non-hydrogen) atoms. The second-order valence-electron chi connectivity index (χ2n) is 6.10. The minimum Gasteiger partial charge on any atom is -0.497 e. The van der Waals surface area contributed by atoms with Crippen LogP contribution in [0.4, 0.5) is 5.13 Å². The molecule has 0 unspecified atom stereocenters. The maximum Gasteiger partial charge on any atom is 0.225 e. The first-order valence-electron chi connectivity index (χ1n) is 8.64. The Morgan fingerprint density at radius 3 is 2.67 bits per heavy atom. The molecule has 3 rings (SSSR count). The van der Waals surface area contributed by atoms with Gasteiger partial charge in [0.2, 0.25) is 5.91 Å². The van der Waals surface area contributed by atoms with E-state index in [0.717, 1.165) is 60.1 Å². The zero-order valence-corrected chi connectivity index (χ0v) is 15.4. The standard InChI is InChI=1S/C18H25N3O2S/c1-4-20(5-2)17(22)13-8-10-21(11-9-13)18-19-15-7-6-14(23-3)12-16(15)24-18/h6-7,12-13H,4-5,8-11H2,1-3H3. The molecular weight excluding hydrogens is 322 g/mol. The summed E-state index contributed by atoms with van der Waals surface area (Å²) in [7, 11) is 1.68. The second-order valence-corrected chi connectivity index (χ2v) is 7.11. The van der Waals surface area contributed by atoms with Crippen LogP contribution in [0.1, 0.15) is 26.7 Å². The third-order valence-electron chi connectivity index (χ3n) is 4.77. The van der Waals surface area contributed by atoms with E-state index < -0.39 is 0 Å². The number of hydrogen-bond donors (Lipinski definition) is 0. The van der Waals surface area contributed by atoms with Crippen molar-refractivity contribution in [1.29, 1.82) is 0 Å². The Kier molecular flexibility index (Phi) is 5.23. The molecule has 1 aliphatic rings. The molecule has 0 atom stereocenters. The molecule has 0 spiro atoms. The van der Waals surface area contributed by atoms with E-state index in [0.29, 0.717) is 5.91 Å². The second kappa shape index (κ2) is 7.38. The van der Waals surface area contributed by atoms with Gasteiger partial charge < -0.3 is 14.5 Å². The van der Waals surface area contributed by atoms with Gasteiger partial charge in [0.05, 0.1) is 17.3 Å². The van der Waals surface area contributed by atoms with E-state index in [-0.39, 0.29) is 5.92 Å². The Balaban J connectivity index is 1.67. The van der Waals surface area contributed by atoms with Crippen LogP contribution in [0, 0.1) is 5.92 Å². The van der Waals surface area contributed by atoms with E-state index in [9.17, 15) is 4.79 Å². The van der Waals surface area contributed by atoms with Crippen LogP contribution in [0.15, 0.2) is 18.2 Å². The van der Waals surface area contributed by atoms with Gasteiger partial charge in [-0.3, -0.25) is 4.79 Å². The predicted molar refractivity (Wildman–Crippen MR) is 99.0 cm³/mol. The fraction of sp³-hybridized carbons (Fsp3) is 0.556. The van der Waals surface area contributed by atoms with Gasteiger partial charge in [0.25, 0.3) is 0 Å². The number of methoxy groups -OCH3 is 1. The van der Waals surface area contributed by atoms with Crippen LogP contribution in [0.5, 0.6) is 5.75 Å². The van der Waals surface area contributed by atoms with Crippen LogP contribution >= 0.6 is 11.3 Å². The lowest BCUT2D eigenvalue weighted by Crippen LogP contribution is -2.42. The summed E-state index contributed by atoms with van der Waals surface area (Å²) in [4.78, 5) is 21.5. The van der Waals surface area contributed by atoms with Crippen molar-refractivity contribution in [3.05, 3.63) is 18.2 Å². The molecule has 0 saturated carbocycles. The van der Waals surface area contributed by atoms with Crippen molar-refractivity contribution in [2.75, 3.05) is 38.2 Å². The number of ether oxygens (including phenoxy) is 1. The lowest BCUT2D eigenvalue weighted by molar-refractivity contribution is -0.135. The molecule has 1 aromatic heterocycles. The zero-order chi connectivity index (χ0) is 17.1. The summed E-state index contributed by atoms with van der Waals surface area (Å²) in [6, 6.07) is 5.98. The topological polar surface area (TPSA) is 45.7 Å². The highest BCUT2D eigenvalue weighted by molar-refractivity contribution is 7.22. The van der Waals surface area contributed by atoms with Gasteiger partial charge in [-0.25, -0.2) is 4.98 Å². The lowest BCUT2D eigenvalue weighted by atomic mass is 9.95. The quantitative estimate of drug-likeness (QED) is 0.832. The Hall–Kier alpha value is -1.82. The van der Waals surface area contributed by atoms with E-state index in [1.165, 1.54) is 0 Å². The number of fused-ring (bicyclic) bond motifs is 1. The molecule has 6 heteroatoms. The number of nitrogens with zero attached hydrogens (tertiary/aromatic N) is 3. The highest BCUT2D eigenvalue weighted by Gasteiger charge is 2.28. The van der Waals surface area contributed by atoms with Gasteiger partial charge in [0.15, 0.2) is 5.13 Å². The summed E-state index contributed by atoms with van der Waals surface area (Å²) in [5.74, 6) is 1.34. The molecule has 0 bridgehead atoms. The first kappa shape index (κ1) is 17.0. The number of carbonyl (C=O) groups is 1. The molecule has 2 aromatic rings. The van der Waals surface area contributed by atoms with Crippen molar-refractivity contribution in [3.63, 3.8) is 0 Å². The first-order valence-corrected chi connectivity index (χ1v) is 9.46. The van der Waals surface area contributed by atoms with Crippen LogP contribution < -0.4 is 9.64 Å². The van der Waals surface area contributed by atoms with Gasteiger partial charge in [0.1, 0.15) is 5.75 Å². The molecule has 2 heterocycles. The monoisotopic (exact) mass is 347 g/mol. The van der Waals surface area contributed by atoms with E-state index >= 15 is 0 Å². The van der Waals surface area contributed by atoms with E-state index in [1.54, 1.807) is 18.4 Å². The molecule has 130 valence electrons. The highest BCUT2D eigenvalue weighted by atomic mass is 32.1. The number of rotatable bonds is 5. The third-order valence-corrected chi connectivity index (χ3v) is 5.85. The smallest absolute Gasteiger partial charge is 0.225 e. The van der Waals surface area contributed by atoms with E-state index in [4.69, 9.17) is 9.72 Å². The Bertz CT molecular complexity index is 703. The van der Waals surface area contributed by atoms with E-state index in [2.05, 4.69) is 4.90 Å². The number of aromatic nitrogens is 1. The minimum absolute atomic E-state index is 0.163. The summed E-state index contributed by atoms with van der Waals surface area (Å²) in [5, 5.41) is 1.05. The lowest BCUT2D eigenvalue weighted by Gasteiger charge is -2.33. The van der Waals surface area contributed by atoms with Gasteiger partial charge in [-0.1, -0.05) is 11.3 Å².